The summed E-state index contributed by atoms with van der Waals surface area (Å²) in [5.74, 6) is -0.0648. The topological polar surface area (TPSA) is 29.3 Å². The Morgan fingerprint density at radius 2 is 1.77 bits per heavy atom. The zero-order valence-corrected chi connectivity index (χ0v) is 12.4. The summed E-state index contributed by atoms with van der Waals surface area (Å²) in [6, 6.07) is 13.3. The molecule has 116 valence electrons. The molecule has 1 aliphatic heterocycles. The Balaban J connectivity index is 1.72. The maximum absolute atomic E-state index is 13.3. The molecule has 1 heterocycles. The van der Waals surface area contributed by atoms with Gasteiger partial charge in [-0.05, 0) is 60.7 Å². The van der Waals surface area contributed by atoms with Crippen LogP contribution in [0, 0.1) is 17.6 Å². The van der Waals surface area contributed by atoms with Crippen LogP contribution < -0.4 is 10.6 Å². The van der Waals surface area contributed by atoms with E-state index < -0.39 is 0 Å². The Morgan fingerprint density at radius 1 is 1.00 bits per heavy atom. The molecule has 2 unspecified atom stereocenters. The van der Waals surface area contributed by atoms with Crippen molar-refractivity contribution in [3.8, 4) is 0 Å². The molecule has 0 spiro atoms. The standard InChI is InChI=1S/C18H20F2N2/c19-15-4-6-18(7-5-15)22-11-14(10-17(21)12-22)8-13-2-1-3-16(20)9-13/h1-7,9,14,17H,8,10-12,21H2. The third-order valence-corrected chi connectivity index (χ3v) is 4.17. The van der Waals surface area contributed by atoms with E-state index in [0.29, 0.717) is 5.92 Å². The maximum atomic E-state index is 13.3. The van der Waals surface area contributed by atoms with Crippen LogP contribution in [0.5, 0.6) is 0 Å². The number of benzene rings is 2. The largest absolute Gasteiger partial charge is 0.370 e. The minimum absolute atomic E-state index is 0.0809. The molecule has 1 fully saturated rings. The molecule has 0 radical (unpaired) electrons. The number of halogens is 2. The molecule has 3 rings (SSSR count). The van der Waals surface area contributed by atoms with E-state index in [2.05, 4.69) is 4.90 Å². The first-order chi connectivity index (χ1) is 10.6. The van der Waals surface area contributed by atoms with Gasteiger partial charge in [-0.25, -0.2) is 8.78 Å². The molecule has 1 aliphatic rings. The van der Waals surface area contributed by atoms with Gasteiger partial charge in [0.15, 0.2) is 0 Å². The molecular weight excluding hydrogens is 282 g/mol. The molecule has 0 aliphatic carbocycles. The van der Waals surface area contributed by atoms with E-state index in [-0.39, 0.29) is 17.7 Å². The maximum Gasteiger partial charge on any atom is 0.123 e. The van der Waals surface area contributed by atoms with Crippen molar-refractivity contribution in [2.75, 3.05) is 18.0 Å². The summed E-state index contributed by atoms with van der Waals surface area (Å²) < 4.78 is 26.4. The molecule has 0 saturated carbocycles. The van der Waals surface area contributed by atoms with Gasteiger partial charge in [0.25, 0.3) is 0 Å². The highest BCUT2D eigenvalue weighted by Gasteiger charge is 2.25. The number of anilines is 1. The smallest absolute Gasteiger partial charge is 0.123 e. The second-order valence-corrected chi connectivity index (χ2v) is 6.08. The molecule has 4 heteroatoms. The monoisotopic (exact) mass is 302 g/mol. The van der Waals surface area contributed by atoms with E-state index in [1.165, 1.54) is 18.2 Å². The first kappa shape index (κ1) is 15.0. The number of rotatable bonds is 3. The van der Waals surface area contributed by atoms with Crippen molar-refractivity contribution in [2.45, 2.75) is 18.9 Å². The molecule has 2 nitrogen and oxygen atoms in total. The minimum Gasteiger partial charge on any atom is -0.370 e. The Labute approximate surface area is 129 Å². The van der Waals surface area contributed by atoms with Crippen LogP contribution in [-0.2, 0) is 6.42 Å². The van der Waals surface area contributed by atoms with E-state index in [0.717, 1.165) is 37.2 Å². The lowest BCUT2D eigenvalue weighted by atomic mass is 9.88. The molecule has 2 atom stereocenters. The van der Waals surface area contributed by atoms with Crippen molar-refractivity contribution >= 4 is 5.69 Å². The van der Waals surface area contributed by atoms with Crippen LogP contribution in [0.2, 0.25) is 0 Å². The number of nitrogens with zero attached hydrogens (tertiary/aromatic N) is 1. The fourth-order valence-corrected chi connectivity index (χ4v) is 3.25. The van der Waals surface area contributed by atoms with Gasteiger partial charge < -0.3 is 10.6 Å². The zero-order valence-electron chi connectivity index (χ0n) is 12.4. The van der Waals surface area contributed by atoms with Gasteiger partial charge in [0, 0.05) is 24.8 Å². The van der Waals surface area contributed by atoms with Crippen LogP contribution in [0.3, 0.4) is 0 Å². The normalized spacial score (nSPS) is 21.9. The summed E-state index contributed by atoms with van der Waals surface area (Å²) in [5.41, 5.74) is 8.16. The van der Waals surface area contributed by atoms with Crippen molar-refractivity contribution in [1.82, 2.24) is 0 Å². The van der Waals surface area contributed by atoms with Gasteiger partial charge in [0.05, 0.1) is 0 Å². The number of hydrogen-bond acceptors (Lipinski definition) is 2. The van der Waals surface area contributed by atoms with E-state index in [1.54, 1.807) is 24.3 Å². The van der Waals surface area contributed by atoms with Gasteiger partial charge in [-0.2, -0.15) is 0 Å². The Morgan fingerprint density at radius 3 is 2.50 bits per heavy atom. The first-order valence-corrected chi connectivity index (χ1v) is 7.60. The Bertz CT molecular complexity index is 627. The van der Waals surface area contributed by atoms with Crippen molar-refractivity contribution in [1.29, 1.82) is 0 Å². The van der Waals surface area contributed by atoms with Crippen LogP contribution in [-0.4, -0.2) is 19.1 Å². The van der Waals surface area contributed by atoms with Crippen LogP contribution in [0.1, 0.15) is 12.0 Å². The Hall–Kier alpha value is -1.94. The van der Waals surface area contributed by atoms with Crippen LogP contribution in [0.15, 0.2) is 48.5 Å². The van der Waals surface area contributed by atoms with Crippen LogP contribution in [0.25, 0.3) is 0 Å². The van der Waals surface area contributed by atoms with Gasteiger partial charge in [-0.15, -0.1) is 0 Å². The summed E-state index contributed by atoms with van der Waals surface area (Å²) >= 11 is 0. The van der Waals surface area contributed by atoms with E-state index >= 15 is 0 Å². The quantitative estimate of drug-likeness (QED) is 0.942. The number of hydrogen-bond donors (Lipinski definition) is 1. The van der Waals surface area contributed by atoms with Gasteiger partial charge in [0.1, 0.15) is 11.6 Å². The molecule has 0 aromatic heterocycles. The van der Waals surface area contributed by atoms with Gasteiger partial charge in [-0.1, -0.05) is 12.1 Å². The molecule has 2 aromatic rings. The van der Waals surface area contributed by atoms with Crippen molar-refractivity contribution in [3.63, 3.8) is 0 Å². The van der Waals surface area contributed by atoms with Gasteiger partial charge in [-0.3, -0.25) is 0 Å². The summed E-state index contributed by atoms with van der Waals surface area (Å²) in [4.78, 5) is 2.19. The summed E-state index contributed by atoms with van der Waals surface area (Å²) in [6.07, 6.45) is 1.73. The fourth-order valence-electron chi connectivity index (χ4n) is 3.25. The first-order valence-electron chi connectivity index (χ1n) is 7.60. The fraction of sp³-hybridized carbons (Fsp3) is 0.333. The van der Waals surface area contributed by atoms with Gasteiger partial charge >= 0.3 is 0 Å². The summed E-state index contributed by atoms with van der Waals surface area (Å²) in [5, 5.41) is 0. The zero-order chi connectivity index (χ0) is 15.5. The highest BCUT2D eigenvalue weighted by molar-refractivity contribution is 5.47. The number of nitrogens with two attached hydrogens (primary N) is 1. The molecule has 2 aromatic carbocycles. The lowest BCUT2D eigenvalue weighted by molar-refractivity contribution is 0.374. The average Bonchev–Trinajstić information content (AvgIpc) is 2.47. The second kappa shape index (κ2) is 6.44. The van der Waals surface area contributed by atoms with Crippen molar-refractivity contribution in [3.05, 3.63) is 65.7 Å². The minimum atomic E-state index is -0.235. The van der Waals surface area contributed by atoms with Crippen LogP contribution in [0.4, 0.5) is 14.5 Å². The average molecular weight is 302 g/mol. The van der Waals surface area contributed by atoms with Gasteiger partial charge in [0.2, 0.25) is 0 Å². The molecular formula is C18H20F2N2. The predicted molar refractivity (Wildman–Crippen MR) is 84.8 cm³/mol. The SMILES string of the molecule is NC1CC(Cc2cccc(F)c2)CN(c2ccc(F)cc2)C1. The van der Waals surface area contributed by atoms with E-state index in [9.17, 15) is 8.78 Å². The molecule has 0 amide bonds. The summed E-state index contributed by atoms with van der Waals surface area (Å²) in [7, 11) is 0. The molecule has 1 saturated heterocycles. The van der Waals surface area contributed by atoms with Crippen LogP contribution >= 0.6 is 0 Å². The third-order valence-electron chi connectivity index (χ3n) is 4.17. The summed E-state index contributed by atoms with van der Waals surface area (Å²) in [6.45, 7) is 1.63. The van der Waals surface area contributed by atoms with E-state index in [1.807, 2.05) is 6.07 Å². The van der Waals surface area contributed by atoms with E-state index in [4.69, 9.17) is 5.73 Å². The lowest BCUT2D eigenvalue weighted by Gasteiger charge is -2.38. The third kappa shape index (κ3) is 3.63. The van der Waals surface area contributed by atoms with Crippen molar-refractivity contribution < 1.29 is 8.78 Å². The molecule has 22 heavy (non-hydrogen) atoms. The lowest BCUT2D eigenvalue weighted by Crippen LogP contribution is -2.47. The molecule has 0 bridgehead atoms. The number of piperidine rings is 1. The Kier molecular flexibility index (Phi) is 4.39. The van der Waals surface area contributed by atoms with Crippen molar-refractivity contribution in [2.24, 2.45) is 11.7 Å². The molecule has 2 N–H and O–H groups in total. The highest BCUT2D eigenvalue weighted by Crippen LogP contribution is 2.25. The second-order valence-electron chi connectivity index (χ2n) is 6.08. The highest BCUT2D eigenvalue weighted by atomic mass is 19.1. The predicted octanol–water partition coefficient (Wildman–Crippen LogP) is 3.36.